The molecule has 0 unspecified atom stereocenters. The van der Waals surface area contributed by atoms with Gasteiger partial charge in [-0.05, 0) is 30.3 Å². The second kappa shape index (κ2) is 7.27. The summed E-state index contributed by atoms with van der Waals surface area (Å²) >= 11 is 0. The maximum absolute atomic E-state index is 12.6. The quantitative estimate of drug-likeness (QED) is 0.573. The third kappa shape index (κ3) is 3.57. The molecule has 3 aromatic rings. The van der Waals surface area contributed by atoms with E-state index in [9.17, 15) is 14.9 Å². The average Bonchev–Trinajstić information content (AvgIpc) is 3.04. The van der Waals surface area contributed by atoms with E-state index in [-0.39, 0.29) is 22.7 Å². The van der Waals surface area contributed by atoms with Crippen LogP contribution in [0.3, 0.4) is 0 Å². The second-order valence-corrected chi connectivity index (χ2v) is 5.19. The van der Waals surface area contributed by atoms with E-state index in [1.54, 1.807) is 42.6 Å². The standard InChI is InChI=1S/C18H13N5O3/c1-12(24)26-15-6-4-5-13(9-15)18(25)22-17-14(10-19)11-21-23(17)16-7-2-3-8-20-16/h2-9,11H,1H3,(H,22,25). The number of hydrogen-bond donors (Lipinski definition) is 1. The maximum atomic E-state index is 12.6. The van der Waals surface area contributed by atoms with Crippen LogP contribution in [0, 0.1) is 11.3 Å². The number of aromatic nitrogens is 3. The largest absolute Gasteiger partial charge is 0.427 e. The van der Waals surface area contributed by atoms with Crippen LogP contribution in [-0.2, 0) is 4.79 Å². The van der Waals surface area contributed by atoms with Gasteiger partial charge in [0.15, 0.2) is 11.6 Å². The minimum absolute atomic E-state index is 0.195. The lowest BCUT2D eigenvalue weighted by molar-refractivity contribution is -0.131. The number of anilines is 1. The van der Waals surface area contributed by atoms with Crippen molar-refractivity contribution in [3.05, 3.63) is 66.0 Å². The number of ether oxygens (including phenoxy) is 1. The summed E-state index contributed by atoms with van der Waals surface area (Å²) in [4.78, 5) is 27.8. The number of nitrogens with one attached hydrogen (secondary N) is 1. The lowest BCUT2D eigenvalue weighted by atomic mass is 10.2. The SMILES string of the molecule is CC(=O)Oc1cccc(C(=O)Nc2c(C#N)cnn2-c2ccccn2)c1. The Morgan fingerprint density at radius 1 is 1.23 bits per heavy atom. The summed E-state index contributed by atoms with van der Waals surface area (Å²) in [5.74, 6) is -0.0494. The molecule has 8 nitrogen and oxygen atoms in total. The Morgan fingerprint density at radius 3 is 2.77 bits per heavy atom. The highest BCUT2D eigenvalue weighted by molar-refractivity contribution is 6.04. The molecule has 0 aliphatic carbocycles. The zero-order valence-electron chi connectivity index (χ0n) is 13.7. The Bertz CT molecular complexity index is 1010. The van der Waals surface area contributed by atoms with E-state index < -0.39 is 11.9 Å². The Balaban J connectivity index is 1.92. The first-order valence-electron chi connectivity index (χ1n) is 7.58. The fourth-order valence-electron chi connectivity index (χ4n) is 2.25. The highest BCUT2D eigenvalue weighted by Gasteiger charge is 2.17. The van der Waals surface area contributed by atoms with Crippen molar-refractivity contribution in [1.29, 1.82) is 5.26 Å². The number of benzene rings is 1. The van der Waals surface area contributed by atoms with Gasteiger partial charge < -0.3 is 10.1 Å². The molecule has 3 rings (SSSR count). The minimum Gasteiger partial charge on any atom is -0.427 e. The lowest BCUT2D eigenvalue weighted by Gasteiger charge is -2.09. The van der Waals surface area contributed by atoms with Crippen LogP contribution < -0.4 is 10.1 Å². The lowest BCUT2D eigenvalue weighted by Crippen LogP contribution is -2.16. The molecule has 0 aliphatic rings. The molecule has 0 spiro atoms. The van der Waals surface area contributed by atoms with E-state index in [0.717, 1.165) is 0 Å². The fraction of sp³-hybridized carbons (Fsp3) is 0.0556. The Kier molecular flexibility index (Phi) is 4.71. The molecular formula is C18H13N5O3. The second-order valence-electron chi connectivity index (χ2n) is 5.19. The van der Waals surface area contributed by atoms with Gasteiger partial charge in [-0.2, -0.15) is 15.0 Å². The van der Waals surface area contributed by atoms with Gasteiger partial charge in [0.1, 0.15) is 17.4 Å². The predicted octanol–water partition coefficient (Wildman–Crippen LogP) is 2.32. The average molecular weight is 347 g/mol. The van der Waals surface area contributed by atoms with Gasteiger partial charge in [0.25, 0.3) is 5.91 Å². The van der Waals surface area contributed by atoms with Crippen molar-refractivity contribution in [3.8, 4) is 17.6 Å². The van der Waals surface area contributed by atoms with Crippen LogP contribution in [0.2, 0.25) is 0 Å². The molecule has 2 aromatic heterocycles. The minimum atomic E-state index is -0.484. The Morgan fingerprint density at radius 2 is 2.08 bits per heavy atom. The van der Waals surface area contributed by atoms with Crippen LogP contribution in [0.15, 0.2) is 54.9 Å². The third-order valence-corrected chi connectivity index (χ3v) is 3.35. The van der Waals surface area contributed by atoms with Crippen LogP contribution in [0.5, 0.6) is 5.75 Å². The first kappa shape index (κ1) is 16.9. The molecule has 0 radical (unpaired) electrons. The van der Waals surface area contributed by atoms with Crippen LogP contribution >= 0.6 is 0 Å². The number of rotatable bonds is 4. The van der Waals surface area contributed by atoms with Gasteiger partial charge in [-0.1, -0.05) is 12.1 Å². The van der Waals surface area contributed by atoms with Gasteiger partial charge in [-0.3, -0.25) is 9.59 Å². The van der Waals surface area contributed by atoms with E-state index >= 15 is 0 Å². The fourth-order valence-corrected chi connectivity index (χ4v) is 2.25. The number of esters is 1. The van der Waals surface area contributed by atoms with Gasteiger partial charge >= 0.3 is 5.97 Å². The van der Waals surface area contributed by atoms with E-state index in [2.05, 4.69) is 15.4 Å². The predicted molar refractivity (Wildman–Crippen MR) is 91.8 cm³/mol. The van der Waals surface area contributed by atoms with Gasteiger partial charge in [0.05, 0.1) is 6.20 Å². The smallest absolute Gasteiger partial charge is 0.308 e. The molecule has 1 N–H and O–H groups in total. The number of hydrogen-bond acceptors (Lipinski definition) is 6. The third-order valence-electron chi connectivity index (χ3n) is 3.35. The van der Waals surface area contributed by atoms with E-state index in [4.69, 9.17) is 4.74 Å². The molecule has 26 heavy (non-hydrogen) atoms. The van der Waals surface area contributed by atoms with Crippen molar-refractivity contribution < 1.29 is 14.3 Å². The van der Waals surface area contributed by atoms with Gasteiger partial charge in [0, 0.05) is 18.7 Å². The van der Waals surface area contributed by atoms with Gasteiger partial charge in [0.2, 0.25) is 0 Å². The van der Waals surface area contributed by atoms with Crippen molar-refractivity contribution in [1.82, 2.24) is 14.8 Å². The highest BCUT2D eigenvalue weighted by Crippen LogP contribution is 2.20. The summed E-state index contributed by atoms with van der Waals surface area (Å²) in [5.41, 5.74) is 0.460. The molecule has 0 saturated carbocycles. The zero-order chi connectivity index (χ0) is 18.5. The number of pyridine rings is 1. The first-order chi connectivity index (χ1) is 12.6. The van der Waals surface area contributed by atoms with E-state index in [1.165, 1.54) is 23.9 Å². The molecule has 2 heterocycles. The maximum Gasteiger partial charge on any atom is 0.308 e. The monoisotopic (exact) mass is 347 g/mol. The molecule has 0 atom stereocenters. The Hall–Kier alpha value is -3.99. The van der Waals surface area contributed by atoms with E-state index in [1.807, 2.05) is 6.07 Å². The summed E-state index contributed by atoms with van der Waals surface area (Å²) in [5, 5.41) is 16.0. The van der Waals surface area contributed by atoms with Crippen LogP contribution in [0.1, 0.15) is 22.8 Å². The molecule has 0 saturated heterocycles. The molecule has 128 valence electrons. The molecule has 1 aromatic carbocycles. The molecular weight excluding hydrogens is 334 g/mol. The summed E-state index contributed by atoms with van der Waals surface area (Å²) in [6.45, 7) is 1.28. The van der Waals surface area contributed by atoms with Crippen LogP contribution in [0.4, 0.5) is 5.82 Å². The van der Waals surface area contributed by atoms with Crippen molar-refractivity contribution in [2.45, 2.75) is 6.92 Å². The molecule has 8 heteroatoms. The van der Waals surface area contributed by atoms with Crippen molar-refractivity contribution in [2.75, 3.05) is 5.32 Å². The summed E-state index contributed by atoms with van der Waals surface area (Å²) in [6.07, 6.45) is 2.93. The topological polar surface area (TPSA) is 110 Å². The molecule has 0 bridgehead atoms. The summed E-state index contributed by atoms with van der Waals surface area (Å²) in [7, 11) is 0. The molecule has 0 aliphatic heterocycles. The van der Waals surface area contributed by atoms with Crippen molar-refractivity contribution in [2.24, 2.45) is 0 Å². The molecule has 0 fully saturated rings. The Labute approximate surface area is 148 Å². The zero-order valence-corrected chi connectivity index (χ0v) is 13.7. The van der Waals surface area contributed by atoms with Gasteiger partial charge in [-0.15, -0.1) is 0 Å². The van der Waals surface area contributed by atoms with E-state index in [0.29, 0.717) is 5.82 Å². The van der Waals surface area contributed by atoms with Crippen molar-refractivity contribution >= 4 is 17.7 Å². The number of nitriles is 1. The normalized spacial score (nSPS) is 10.0. The van der Waals surface area contributed by atoms with Crippen LogP contribution in [-0.4, -0.2) is 26.6 Å². The number of carbonyl (C=O) groups excluding carboxylic acids is 2. The summed E-state index contributed by atoms with van der Waals surface area (Å²) < 4.78 is 6.35. The first-order valence-corrected chi connectivity index (χ1v) is 7.58. The number of carbonyl (C=O) groups is 2. The number of nitrogens with zero attached hydrogens (tertiary/aromatic N) is 4. The van der Waals surface area contributed by atoms with Crippen molar-refractivity contribution in [3.63, 3.8) is 0 Å². The summed E-state index contributed by atoms with van der Waals surface area (Å²) in [6, 6.07) is 13.4. The molecule has 1 amide bonds. The van der Waals surface area contributed by atoms with Crippen LogP contribution in [0.25, 0.3) is 5.82 Å². The highest BCUT2D eigenvalue weighted by atomic mass is 16.5. The van der Waals surface area contributed by atoms with Gasteiger partial charge in [-0.25, -0.2) is 4.98 Å². The number of amides is 1.